The standard InChI is InChI=1S/C17H21N3O4S2/c1-22-10-5-6-12(13(8-10)23-2)20-15(18)14(26-17(20)25)16(21)19-9-11-4-3-7-24-11/h5-6,8,11H,3-4,7,9,18H2,1-2H3,(H,19,21). The molecule has 0 radical (unpaired) electrons. The number of thiazole rings is 1. The van der Waals surface area contributed by atoms with Crippen LogP contribution < -0.4 is 20.5 Å². The van der Waals surface area contributed by atoms with Crippen LogP contribution in [0.2, 0.25) is 0 Å². The van der Waals surface area contributed by atoms with E-state index < -0.39 is 0 Å². The second kappa shape index (κ2) is 8.07. The van der Waals surface area contributed by atoms with Crippen molar-refractivity contribution in [3.8, 4) is 17.2 Å². The maximum absolute atomic E-state index is 12.5. The van der Waals surface area contributed by atoms with E-state index in [1.807, 2.05) is 0 Å². The topological polar surface area (TPSA) is 87.7 Å². The molecule has 0 bridgehead atoms. The van der Waals surface area contributed by atoms with Crippen molar-refractivity contribution in [2.24, 2.45) is 0 Å². The van der Waals surface area contributed by atoms with Crippen molar-refractivity contribution in [3.05, 3.63) is 27.0 Å². The molecular weight excluding hydrogens is 374 g/mol. The Labute approximate surface area is 160 Å². The van der Waals surface area contributed by atoms with Crippen molar-refractivity contribution in [1.29, 1.82) is 0 Å². The lowest BCUT2D eigenvalue weighted by Gasteiger charge is -2.13. The van der Waals surface area contributed by atoms with Crippen molar-refractivity contribution in [1.82, 2.24) is 9.88 Å². The third-order valence-corrected chi connectivity index (χ3v) is 5.58. The van der Waals surface area contributed by atoms with Crippen molar-refractivity contribution in [3.63, 3.8) is 0 Å². The summed E-state index contributed by atoms with van der Waals surface area (Å²) in [6, 6.07) is 5.32. The monoisotopic (exact) mass is 395 g/mol. The van der Waals surface area contributed by atoms with Crippen molar-refractivity contribution in [2.75, 3.05) is 33.1 Å². The minimum atomic E-state index is -0.250. The summed E-state index contributed by atoms with van der Waals surface area (Å²) in [7, 11) is 3.13. The van der Waals surface area contributed by atoms with E-state index in [4.69, 9.17) is 32.2 Å². The highest BCUT2D eigenvalue weighted by Crippen LogP contribution is 2.33. The van der Waals surface area contributed by atoms with Gasteiger partial charge in [0.05, 0.1) is 26.0 Å². The Morgan fingerprint density at radius 3 is 2.92 bits per heavy atom. The number of anilines is 1. The Morgan fingerprint density at radius 2 is 2.27 bits per heavy atom. The summed E-state index contributed by atoms with van der Waals surface area (Å²) in [5, 5.41) is 2.88. The molecule has 2 heterocycles. The molecule has 1 amide bonds. The van der Waals surface area contributed by atoms with Gasteiger partial charge < -0.3 is 25.3 Å². The largest absolute Gasteiger partial charge is 0.497 e. The van der Waals surface area contributed by atoms with Gasteiger partial charge in [0, 0.05) is 19.2 Å². The highest BCUT2D eigenvalue weighted by molar-refractivity contribution is 7.73. The van der Waals surface area contributed by atoms with E-state index >= 15 is 0 Å². The Morgan fingerprint density at radius 1 is 1.46 bits per heavy atom. The summed E-state index contributed by atoms with van der Waals surface area (Å²) in [5.74, 6) is 1.24. The fourth-order valence-corrected chi connectivity index (χ4v) is 4.11. The van der Waals surface area contributed by atoms with Gasteiger partial charge in [-0.05, 0) is 37.2 Å². The number of nitrogen functional groups attached to an aromatic ring is 1. The van der Waals surface area contributed by atoms with E-state index in [-0.39, 0.29) is 17.8 Å². The number of aromatic nitrogens is 1. The number of carbonyl (C=O) groups is 1. The van der Waals surface area contributed by atoms with Gasteiger partial charge in [-0.1, -0.05) is 11.3 Å². The van der Waals surface area contributed by atoms with Crippen LogP contribution in [0.5, 0.6) is 11.5 Å². The Bertz CT molecular complexity index is 856. The van der Waals surface area contributed by atoms with E-state index in [2.05, 4.69) is 5.32 Å². The van der Waals surface area contributed by atoms with Gasteiger partial charge >= 0.3 is 0 Å². The van der Waals surface area contributed by atoms with E-state index in [9.17, 15) is 4.79 Å². The number of methoxy groups -OCH3 is 2. The zero-order valence-electron chi connectivity index (χ0n) is 14.6. The number of nitrogens with two attached hydrogens (primary N) is 1. The quantitative estimate of drug-likeness (QED) is 0.732. The summed E-state index contributed by atoms with van der Waals surface area (Å²) in [6.07, 6.45) is 2.04. The highest BCUT2D eigenvalue weighted by atomic mass is 32.1. The molecule has 26 heavy (non-hydrogen) atoms. The average molecular weight is 396 g/mol. The van der Waals surface area contributed by atoms with Gasteiger partial charge in [-0.3, -0.25) is 9.36 Å². The third-order valence-electron chi connectivity index (χ3n) is 4.19. The summed E-state index contributed by atoms with van der Waals surface area (Å²) < 4.78 is 18.3. The summed E-state index contributed by atoms with van der Waals surface area (Å²) in [4.78, 5) is 12.9. The molecule has 1 aromatic heterocycles. The van der Waals surface area contributed by atoms with Crippen molar-refractivity contribution in [2.45, 2.75) is 18.9 Å². The second-order valence-corrected chi connectivity index (χ2v) is 7.44. The predicted molar refractivity (Wildman–Crippen MR) is 103 cm³/mol. The molecule has 1 atom stereocenters. The van der Waals surface area contributed by atoms with Gasteiger partial charge in [-0.15, -0.1) is 0 Å². The fraction of sp³-hybridized carbons (Fsp3) is 0.412. The minimum absolute atomic E-state index is 0.0666. The number of rotatable bonds is 6. The van der Waals surface area contributed by atoms with Crippen LogP contribution in [-0.2, 0) is 4.74 Å². The smallest absolute Gasteiger partial charge is 0.265 e. The van der Waals surface area contributed by atoms with Crippen LogP contribution in [0.1, 0.15) is 22.5 Å². The molecule has 1 aromatic carbocycles. The number of ether oxygens (including phenoxy) is 3. The molecule has 140 valence electrons. The maximum atomic E-state index is 12.5. The molecule has 2 aromatic rings. The fourth-order valence-electron chi connectivity index (χ4n) is 2.84. The van der Waals surface area contributed by atoms with E-state index in [0.717, 1.165) is 19.4 Å². The number of nitrogens with zero attached hydrogens (tertiary/aromatic N) is 1. The summed E-state index contributed by atoms with van der Waals surface area (Å²) in [6.45, 7) is 1.21. The van der Waals surface area contributed by atoms with E-state index in [1.165, 1.54) is 11.3 Å². The number of benzene rings is 1. The first-order chi connectivity index (χ1) is 12.5. The van der Waals surface area contributed by atoms with Gasteiger partial charge in [-0.25, -0.2) is 0 Å². The molecule has 1 aliphatic rings. The zero-order valence-corrected chi connectivity index (χ0v) is 16.2. The molecule has 0 spiro atoms. The second-order valence-electron chi connectivity index (χ2n) is 5.80. The number of amides is 1. The van der Waals surface area contributed by atoms with Gasteiger partial charge in [0.25, 0.3) is 5.91 Å². The molecule has 7 nitrogen and oxygen atoms in total. The van der Waals surface area contributed by atoms with Crippen molar-refractivity contribution < 1.29 is 19.0 Å². The van der Waals surface area contributed by atoms with Crippen LogP contribution in [-0.4, -0.2) is 43.9 Å². The van der Waals surface area contributed by atoms with Crippen molar-refractivity contribution >= 4 is 35.3 Å². The SMILES string of the molecule is COc1ccc(-n2c(N)c(C(=O)NCC3CCCO3)sc2=S)c(OC)c1. The lowest BCUT2D eigenvalue weighted by atomic mass is 10.2. The van der Waals surface area contributed by atoms with Crippen LogP contribution >= 0.6 is 23.6 Å². The highest BCUT2D eigenvalue weighted by Gasteiger charge is 2.22. The maximum Gasteiger partial charge on any atom is 0.265 e. The Hall–Kier alpha value is -2.10. The van der Waals surface area contributed by atoms with Crippen LogP contribution in [0, 0.1) is 3.95 Å². The van der Waals surface area contributed by atoms with Gasteiger partial charge in [0.2, 0.25) is 0 Å². The number of carbonyl (C=O) groups excluding carboxylic acids is 1. The molecule has 9 heteroatoms. The van der Waals surface area contributed by atoms with Crippen LogP contribution in [0.25, 0.3) is 5.69 Å². The van der Waals surface area contributed by atoms with Crippen LogP contribution in [0.4, 0.5) is 5.82 Å². The van der Waals surface area contributed by atoms with Crippen LogP contribution in [0.15, 0.2) is 18.2 Å². The average Bonchev–Trinajstić information content (AvgIpc) is 3.27. The molecule has 0 saturated carbocycles. The predicted octanol–water partition coefficient (Wildman–Crippen LogP) is 2.78. The van der Waals surface area contributed by atoms with Gasteiger partial charge in [0.1, 0.15) is 22.2 Å². The summed E-state index contributed by atoms with van der Waals surface area (Å²) in [5.41, 5.74) is 6.90. The normalized spacial score (nSPS) is 16.5. The Kier molecular flexibility index (Phi) is 5.80. The first kappa shape index (κ1) is 18.7. The molecule has 1 saturated heterocycles. The zero-order chi connectivity index (χ0) is 18.7. The van der Waals surface area contributed by atoms with E-state index in [0.29, 0.717) is 32.6 Å². The number of hydrogen-bond acceptors (Lipinski definition) is 7. The lowest BCUT2D eigenvalue weighted by molar-refractivity contribution is 0.0861. The number of nitrogens with one attached hydrogen (secondary N) is 1. The minimum Gasteiger partial charge on any atom is -0.497 e. The molecule has 3 rings (SSSR count). The number of hydrogen-bond donors (Lipinski definition) is 2. The molecule has 3 N–H and O–H groups in total. The molecule has 1 aliphatic heterocycles. The van der Waals surface area contributed by atoms with Gasteiger partial charge in [-0.2, -0.15) is 0 Å². The lowest BCUT2D eigenvalue weighted by Crippen LogP contribution is -2.31. The molecule has 0 aliphatic carbocycles. The molecular formula is C17H21N3O4S2. The summed E-state index contributed by atoms with van der Waals surface area (Å²) >= 11 is 6.60. The first-order valence-corrected chi connectivity index (χ1v) is 9.41. The van der Waals surface area contributed by atoms with Crippen LogP contribution in [0.3, 0.4) is 0 Å². The molecule has 1 unspecified atom stereocenters. The first-order valence-electron chi connectivity index (χ1n) is 8.18. The third kappa shape index (κ3) is 3.69. The Balaban J connectivity index is 1.88. The molecule has 1 fully saturated rings. The van der Waals surface area contributed by atoms with Gasteiger partial charge in [0.15, 0.2) is 3.95 Å². The van der Waals surface area contributed by atoms with E-state index in [1.54, 1.807) is 37.0 Å².